The summed E-state index contributed by atoms with van der Waals surface area (Å²) in [4.78, 5) is 11.9. The van der Waals surface area contributed by atoms with Crippen LogP contribution in [0.3, 0.4) is 0 Å². The second-order valence-electron chi connectivity index (χ2n) is 4.89. The summed E-state index contributed by atoms with van der Waals surface area (Å²) in [6.45, 7) is 0. The number of benzene rings is 2. The normalized spacial score (nSPS) is 10.8. The third kappa shape index (κ3) is 2.85. The van der Waals surface area contributed by atoms with Crippen LogP contribution >= 0.6 is 0 Å². The third-order valence-corrected chi connectivity index (χ3v) is 3.52. The van der Waals surface area contributed by atoms with Gasteiger partial charge in [0.15, 0.2) is 0 Å². The van der Waals surface area contributed by atoms with Crippen LogP contribution in [0.15, 0.2) is 57.7 Å². The van der Waals surface area contributed by atoms with Crippen molar-refractivity contribution in [2.75, 3.05) is 7.11 Å². The van der Waals surface area contributed by atoms with Crippen LogP contribution in [0.1, 0.15) is 16.7 Å². The minimum absolute atomic E-state index is 0.00783. The van der Waals surface area contributed by atoms with E-state index in [0.29, 0.717) is 11.1 Å². The Morgan fingerprint density at radius 3 is 2.52 bits per heavy atom. The van der Waals surface area contributed by atoms with Crippen molar-refractivity contribution in [3.8, 4) is 11.8 Å². The average Bonchev–Trinajstić information content (AvgIpc) is 2.59. The Labute approximate surface area is 132 Å². The monoisotopic (exact) mass is 303 g/mol. The molecule has 3 rings (SSSR count). The lowest BCUT2D eigenvalue weighted by Crippen LogP contribution is -2.06. The molecule has 3 aromatic rings. The van der Waals surface area contributed by atoms with E-state index >= 15 is 0 Å². The van der Waals surface area contributed by atoms with Crippen molar-refractivity contribution < 1.29 is 9.15 Å². The molecule has 0 fully saturated rings. The topological polar surface area (TPSA) is 63.2 Å². The Hall–Kier alpha value is -3.32. The Balaban J connectivity index is 2.12. The summed E-state index contributed by atoms with van der Waals surface area (Å²) >= 11 is 0. The first-order chi connectivity index (χ1) is 11.2. The van der Waals surface area contributed by atoms with Crippen LogP contribution in [-0.2, 0) is 0 Å². The Morgan fingerprint density at radius 2 is 1.83 bits per heavy atom. The molecule has 0 N–H and O–H groups in total. The van der Waals surface area contributed by atoms with Gasteiger partial charge in [0.1, 0.15) is 23.0 Å². The highest BCUT2D eigenvalue weighted by molar-refractivity contribution is 5.91. The maximum atomic E-state index is 11.9. The summed E-state index contributed by atoms with van der Waals surface area (Å²) in [6, 6.07) is 16.6. The van der Waals surface area contributed by atoms with E-state index in [-0.39, 0.29) is 5.56 Å². The third-order valence-electron chi connectivity index (χ3n) is 3.52. The van der Waals surface area contributed by atoms with Crippen molar-refractivity contribution in [2.45, 2.75) is 0 Å². The van der Waals surface area contributed by atoms with Crippen molar-refractivity contribution >= 4 is 23.1 Å². The fraction of sp³-hybridized carbons (Fsp3) is 0.0526. The first-order valence-corrected chi connectivity index (χ1v) is 7.01. The van der Waals surface area contributed by atoms with Gasteiger partial charge >= 0.3 is 5.63 Å². The quantitative estimate of drug-likeness (QED) is 0.690. The molecular weight excluding hydrogens is 290 g/mol. The van der Waals surface area contributed by atoms with Crippen molar-refractivity contribution in [1.29, 1.82) is 5.26 Å². The van der Waals surface area contributed by atoms with E-state index in [4.69, 9.17) is 9.15 Å². The van der Waals surface area contributed by atoms with Crippen LogP contribution in [-0.4, -0.2) is 7.11 Å². The molecule has 2 aromatic carbocycles. The summed E-state index contributed by atoms with van der Waals surface area (Å²) in [5.41, 5.74) is 1.35. The average molecular weight is 303 g/mol. The molecule has 0 bridgehead atoms. The van der Waals surface area contributed by atoms with Gasteiger partial charge < -0.3 is 9.15 Å². The van der Waals surface area contributed by atoms with Gasteiger partial charge in [-0.05, 0) is 23.8 Å². The lowest BCUT2D eigenvalue weighted by molar-refractivity contribution is 0.415. The van der Waals surface area contributed by atoms with Crippen molar-refractivity contribution in [1.82, 2.24) is 0 Å². The molecule has 0 atom stereocenters. The fourth-order valence-corrected chi connectivity index (χ4v) is 2.35. The van der Waals surface area contributed by atoms with Crippen LogP contribution in [0.2, 0.25) is 0 Å². The lowest BCUT2D eigenvalue weighted by Gasteiger charge is -2.03. The smallest absolute Gasteiger partial charge is 0.354 e. The van der Waals surface area contributed by atoms with E-state index in [2.05, 4.69) is 0 Å². The van der Waals surface area contributed by atoms with Gasteiger partial charge in [-0.2, -0.15) is 5.26 Å². The van der Waals surface area contributed by atoms with Gasteiger partial charge in [0, 0.05) is 10.9 Å². The number of methoxy groups -OCH3 is 1. The zero-order valence-corrected chi connectivity index (χ0v) is 12.4. The zero-order chi connectivity index (χ0) is 16.2. The van der Waals surface area contributed by atoms with E-state index < -0.39 is 5.63 Å². The molecule has 0 saturated heterocycles. The molecule has 0 spiro atoms. The fourth-order valence-electron chi connectivity index (χ4n) is 2.35. The predicted molar refractivity (Wildman–Crippen MR) is 89.1 cm³/mol. The minimum Gasteiger partial charge on any atom is -0.497 e. The molecule has 0 aliphatic heterocycles. The maximum Gasteiger partial charge on any atom is 0.354 e. The van der Waals surface area contributed by atoms with Gasteiger partial charge in [-0.15, -0.1) is 0 Å². The summed E-state index contributed by atoms with van der Waals surface area (Å²) in [5.74, 6) is 0.769. The highest BCUT2D eigenvalue weighted by Crippen LogP contribution is 2.22. The number of fused-ring (bicyclic) bond motifs is 1. The van der Waals surface area contributed by atoms with Gasteiger partial charge in [0.25, 0.3) is 0 Å². The van der Waals surface area contributed by atoms with Crippen LogP contribution in [0.5, 0.6) is 5.75 Å². The number of hydrogen-bond acceptors (Lipinski definition) is 4. The molecular formula is C19H13NO3. The Morgan fingerprint density at radius 1 is 1.09 bits per heavy atom. The van der Waals surface area contributed by atoms with Crippen LogP contribution in [0.25, 0.3) is 23.1 Å². The molecule has 23 heavy (non-hydrogen) atoms. The molecule has 0 aliphatic carbocycles. The van der Waals surface area contributed by atoms with E-state index in [0.717, 1.165) is 16.7 Å². The molecule has 0 saturated carbocycles. The largest absolute Gasteiger partial charge is 0.497 e. The molecule has 0 aliphatic rings. The Kier molecular flexibility index (Phi) is 3.94. The van der Waals surface area contributed by atoms with Crippen molar-refractivity contribution in [3.63, 3.8) is 0 Å². The first-order valence-electron chi connectivity index (χ1n) is 7.01. The van der Waals surface area contributed by atoms with Crippen LogP contribution in [0, 0.1) is 11.3 Å². The van der Waals surface area contributed by atoms with Gasteiger partial charge in [0.05, 0.1) is 7.11 Å². The molecule has 1 aromatic heterocycles. The highest BCUT2D eigenvalue weighted by atomic mass is 16.5. The van der Waals surface area contributed by atoms with E-state index in [1.807, 2.05) is 48.5 Å². The van der Waals surface area contributed by atoms with Crippen LogP contribution < -0.4 is 10.4 Å². The maximum absolute atomic E-state index is 11.9. The Bertz CT molecular complexity index is 976. The highest BCUT2D eigenvalue weighted by Gasteiger charge is 2.11. The number of hydrogen-bond donors (Lipinski definition) is 0. The van der Waals surface area contributed by atoms with E-state index in [1.165, 1.54) is 0 Å². The van der Waals surface area contributed by atoms with Gasteiger partial charge in [-0.3, -0.25) is 0 Å². The second-order valence-corrected chi connectivity index (χ2v) is 4.89. The number of rotatable bonds is 3. The van der Waals surface area contributed by atoms with Crippen molar-refractivity contribution in [2.24, 2.45) is 0 Å². The second kappa shape index (κ2) is 6.20. The molecule has 0 radical (unpaired) electrons. The molecule has 1 heterocycles. The lowest BCUT2D eigenvalue weighted by atomic mass is 10.0. The molecule has 4 heteroatoms. The van der Waals surface area contributed by atoms with Crippen LogP contribution in [0.4, 0.5) is 0 Å². The SMILES string of the molecule is COc1ccc(C=Cc2c(C#N)c(=O)oc3ccccc23)cc1. The summed E-state index contributed by atoms with van der Waals surface area (Å²) < 4.78 is 10.3. The number of ether oxygens (including phenoxy) is 1. The molecule has 0 unspecified atom stereocenters. The summed E-state index contributed by atoms with van der Waals surface area (Å²) in [6.07, 6.45) is 3.61. The summed E-state index contributed by atoms with van der Waals surface area (Å²) in [7, 11) is 1.61. The first kappa shape index (κ1) is 14.6. The molecule has 4 nitrogen and oxygen atoms in total. The molecule has 112 valence electrons. The number of nitrogens with zero attached hydrogens (tertiary/aromatic N) is 1. The van der Waals surface area contributed by atoms with E-state index in [1.54, 1.807) is 25.3 Å². The minimum atomic E-state index is -0.624. The predicted octanol–water partition coefficient (Wildman–Crippen LogP) is 3.84. The van der Waals surface area contributed by atoms with Crippen molar-refractivity contribution in [3.05, 3.63) is 75.6 Å². The number of para-hydroxylation sites is 1. The van der Waals surface area contributed by atoms with Gasteiger partial charge in [-0.1, -0.05) is 42.5 Å². The summed E-state index contributed by atoms with van der Waals surface area (Å²) in [5, 5.41) is 9.99. The zero-order valence-electron chi connectivity index (χ0n) is 12.4. The number of nitriles is 1. The van der Waals surface area contributed by atoms with E-state index in [9.17, 15) is 10.1 Å². The van der Waals surface area contributed by atoms with Gasteiger partial charge in [-0.25, -0.2) is 4.79 Å². The molecule has 0 amide bonds. The standard InChI is InChI=1S/C19H13NO3/c1-22-14-9-6-13(7-10-14)8-11-15-16-4-2-3-5-18(16)23-19(21)17(15)12-20/h2-11H,1H3. The van der Waals surface area contributed by atoms with Gasteiger partial charge in [0.2, 0.25) is 0 Å².